The number of hydrogen-bond donors (Lipinski definition) is 4. The molecule has 0 spiro atoms. The molecular formula is C9H12N2O4S. The molecule has 0 fully saturated rings. The van der Waals surface area contributed by atoms with Crippen molar-refractivity contribution in [3.8, 4) is 0 Å². The molecule has 88 valence electrons. The van der Waals surface area contributed by atoms with Crippen LogP contribution >= 0.6 is 10.8 Å². The van der Waals surface area contributed by atoms with Crippen LogP contribution in [0.15, 0.2) is 10.5 Å². The quantitative estimate of drug-likeness (QED) is 0.635. The Morgan fingerprint density at radius 2 is 2.19 bits per heavy atom. The fourth-order valence-corrected chi connectivity index (χ4v) is 2.36. The van der Waals surface area contributed by atoms with Crippen LogP contribution in [0.5, 0.6) is 0 Å². The molecule has 0 amide bonds. The van der Waals surface area contributed by atoms with Crippen LogP contribution in [-0.2, 0) is 6.42 Å². The average molecular weight is 244 g/mol. The molecule has 1 aliphatic rings. The molecule has 0 bridgehead atoms. The summed E-state index contributed by atoms with van der Waals surface area (Å²) in [6, 6.07) is 1.48. The van der Waals surface area contributed by atoms with Gasteiger partial charge in [-0.3, -0.25) is 9.11 Å². The zero-order valence-electron chi connectivity index (χ0n) is 8.60. The van der Waals surface area contributed by atoms with Gasteiger partial charge in [-0.2, -0.15) is 4.40 Å². The van der Waals surface area contributed by atoms with Crippen LogP contribution in [0.2, 0.25) is 0 Å². The summed E-state index contributed by atoms with van der Waals surface area (Å²) in [6.45, 7) is 0. The van der Waals surface area contributed by atoms with Gasteiger partial charge >= 0.3 is 5.97 Å². The van der Waals surface area contributed by atoms with E-state index >= 15 is 0 Å². The summed E-state index contributed by atoms with van der Waals surface area (Å²) in [5.74, 6) is -1.03. The van der Waals surface area contributed by atoms with Crippen LogP contribution in [0.1, 0.15) is 28.2 Å². The lowest BCUT2D eigenvalue weighted by atomic mass is 10.2. The first-order valence-corrected chi connectivity index (χ1v) is 6.55. The topological polar surface area (TPSA) is 106 Å². The Morgan fingerprint density at radius 1 is 1.50 bits per heavy atom. The van der Waals surface area contributed by atoms with Crippen molar-refractivity contribution in [3.63, 3.8) is 0 Å². The smallest absolute Gasteiger partial charge is 0.352 e. The lowest BCUT2D eigenvalue weighted by molar-refractivity contribution is 0.0691. The molecular weight excluding hydrogens is 232 g/mol. The predicted molar refractivity (Wildman–Crippen MR) is 61.4 cm³/mol. The summed E-state index contributed by atoms with van der Waals surface area (Å²) in [5, 5.41) is 8.80. The maximum absolute atomic E-state index is 10.7. The minimum atomic E-state index is -2.93. The van der Waals surface area contributed by atoms with E-state index in [1.165, 1.54) is 12.3 Å². The molecule has 0 aliphatic heterocycles. The zero-order chi connectivity index (χ0) is 11.9. The zero-order valence-corrected chi connectivity index (χ0v) is 9.41. The summed E-state index contributed by atoms with van der Waals surface area (Å²) in [6.07, 6.45) is 2.49. The van der Waals surface area contributed by atoms with Crippen LogP contribution in [-0.4, -0.2) is 37.1 Å². The van der Waals surface area contributed by atoms with Crippen LogP contribution in [0.4, 0.5) is 0 Å². The van der Waals surface area contributed by atoms with Gasteiger partial charge in [-0.1, -0.05) is 0 Å². The number of carboxylic acids is 1. The molecule has 1 aromatic rings. The number of fused-ring (bicyclic) bond motifs is 1. The van der Waals surface area contributed by atoms with Crippen LogP contribution in [0, 0.1) is 0 Å². The van der Waals surface area contributed by atoms with E-state index < -0.39 is 16.7 Å². The van der Waals surface area contributed by atoms with E-state index in [2.05, 4.69) is 9.38 Å². The molecule has 6 nitrogen and oxygen atoms in total. The van der Waals surface area contributed by atoms with Crippen LogP contribution in [0.3, 0.4) is 0 Å². The first-order chi connectivity index (χ1) is 7.37. The van der Waals surface area contributed by atoms with Crippen molar-refractivity contribution >= 4 is 22.5 Å². The van der Waals surface area contributed by atoms with Gasteiger partial charge in [-0.15, -0.1) is 10.8 Å². The average Bonchev–Trinajstić information content (AvgIpc) is 2.64. The summed E-state index contributed by atoms with van der Waals surface area (Å²) in [4.78, 5) is 13.5. The number of H-pyrrole nitrogens is 1. The first-order valence-electron chi connectivity index (χ1n) is 4.64. The minimum Gasteiger partial charge on any atom is -0.477 e. The number of aromatic carboxylic acids is 1. The standard InChI is InChI=1S/C9H12N2O4S/c1-16(14,15)11-7-3-2-6-5(7)4-8(10-6)9(12)13/h4,10,14-15H,2-3H2,1H3,(H,12,13). The maximum atomic E-state index is 10.7. The van der Waals surface area contributed by atoms with Crippen LogP contribution < -0.4 is 0 Å². The monoisotopic (exact) mass is 244 g/mol. The third-order valence-electron chi connectivity index (χ3n) is 2.34. The summed E-state index contributed by atoms with van der Waals surface area (Å²) in [5.41, 5.74) is 2.13. The second kappa shape index (κ2) is 3.62. The van der Waals surface area contributed by atoms with E-state index in [-0.39, 0.29) is 5.69 Å². The summed E-state index contributed by atoms with van der Waals surface area (Å²) < 4.78 is 22.3. The third-order valence-corrected chi connectivity index (χ3v) is 2.90. The van der Waals surface area contributed by atoms with E-state index in [0.717, 1.165) is 5.69 Å². The van der Waals surface area contributed by atoms with Crippen molar-refractivity contribution in [3.05, 3.63) is 23.0 Å². The third kappa shape index (κ3) is 2.11. The van der Waals surface area contributed by atoms with Gasteiger partial charge in [-0.05, 0) is 18.9 Å². The van der Waals surface area contributed by atoms with Gasteiger partial charge in [0.15, 0.2) is 0 Å². The highest BCUT2D eigenvalue weighted by Gasteiger charge is 2.24. The number of rotatable bonds is 2. The Morgan fingerprint density at radius 3 is 2.75 bits per heavy atom. The van der Waals surface area contributed by atoms with E-state index in [1.807, 2.05) is 0 Å². The second-order valence-electron chi connectivity index (χ2n) is 3.71. The second-order valence-corrected chi connectivity index (χ2v) is 5.48. The van der Waals surface area contributed by atoms with Crippen LogP contribution in [0.25, 0.3) is 0 Å². The molecule has 1 heterocycles. The lowest BCUT2D eigenvalue weighted by Gasteiger charge is -2.21. The van der Waals surface area contributed by atoms with E-state index in [9.17, 15) is 13.9 Å². The molecule has 0 saturated heterocycles. The summed E-state index contributed by atoms with van der Waals surface area (Å²) >= 11 is 0. The molecule has 0 radical (unpaired) electrons. The van der Waals surface area contributed by atoms with Crippen molar-refractivity contribution < 1.29 is 19.0 Å². The molecule has 7 heteroatoms. The van der Waals surface area contributed by atoms with Gasteiger partial charge in [0.1, 0.15) is 5.69 Å². The highest BCUT2D eigenvalue weighted by atomic mass is 32.3. The van der Waals surface area contributed by atoms with E-state index in [0.29, 0.717) is 24.1 Å². The largest absolute Gasteiger partial charge is 0.477 e. The molecule has 16 heavy (non-hydrogen) atoms. The van der Waals surface area contributed by atoms with Gasteiger partial charge in [0.25, 0.3) is 0 Å². The molecule has 2 rings (SSSR count). The van der Waals surface area contributed by atoms with Crippen molar-refractivity contribution in [2.75, 3.05) is 6.26 Å². The highest BCUT2D eigenvalue weighted by Crippen LogP contribution is 2.38. The van der Waals surface area contributed by atoms with Gasteiger partial charge < -0.3 is 10.1 Å². The van der Waals surface area contributed by atoms with E-state index in [1.54, 1.807) is 0 Å². The highest BCUT2D eigenvalue weighted by molar-refractivity contribution is 8.22. The first kappa shape index (κ1) is 11.2. The molecule has 0 unspecified atom stereocenters. The van der Waals surface area contributed by atoms with Crippen molar-refractivity contribution in [1.82, 2.24) is 4.98 Å². The number of aryl methyl sites for hydroxylation is 1. The predicted octanol–water partition coefficient (Wildman–Crippen LogP) is 1.74. The fourth-order valence-electron chi connectivity index (χ4n) is 1.75. The Bertz CT molecular complexity index is 472. The molecule has 1 aliphatic carbocycles. The van der Waals surface area contributed by atoms with Crippen molar-refractivity contribution in [2.45, 2.75) is 12.8 Å². The Balaban J connectivity index is 2.39. The number of nitrogens with zero attached hydrogens (tertiary/aromatic N) is 1. The Labute approximate surface area is 93.5 Å². The van der Waals surface area contributed by atoms with Gasteiger partial charge in [0.05, 0.1) is 5.71 Å². The molecule has 0 atom stereocenters. The SMILES string of the molecule is CS(O)(O)N=C1CCc2[nH]c(C(=O)O)cc21. The number of aromatic amines is 1. The molecule has 4 N–H and O–H groups in total. The van der Waals surface area contributed by atoms with Gasteiger partial charge in [0, 0.05) is 17.5 Å². The number of carbonyl (C=O) groups is 1. The fraction of sp³-hybridized carbons (Fsp3) is 0.333. The van der Waals surface area contributed by atoms with Gasteiger partial charge in [-0.25, -0.2) is 4.79 Å². The molecule has 0 saturated carbocycles. The van der Waals surface area contributed by atoms with E-state index in [4.69, 9.17) is 5.11 Å². The van der Waals surface area contributed by atoms with Crippen molar-refractivity contribution in [1.29, 1.82) is 0 Å². The van der Waals surface area contributed by atoms with Crippen molar-refractivity contribution in [2.24, 2.45) is 4.40 Å². The molecule has 1 aromatic heterocycles. The number of nitrogens with one attached hydrogen (secondary N) is 1. The Kier molecular flexibility index (Phi) is 2.53. The van der Waals surface area contributed by atoms with Gasteiger partial charge in [0.2, 0.25) is 0 Å². The number of aromatic nitrogens is 1. The molecule has 0 aromatic carbocycles. The summed E-state index contributed by atoms with van der Waals surface area (Å²) in [7, 11) is -2.93. The Hall–Kier alpha value is -1.31. The number of hydrogen-bond acceptors (Lipinski definition) is 4. The lowest BCUT2D eigenvalue weighted by Crippen LogP contribution is -2.00. The maximum Gasteiger partial charge on any atom is 0.352 e. The normalized spacial score (nSPS) is 18.8. The minimum absolute atomic E-state index is 0.102. The number of carboxylic acid groups (broad SMARTS) is 1.